The maximum absolute atomic E-state index is 13.4. The molecular formula is C18H22N6O2. The van der Waals surface area contributed by atoms with E-state index in [0.29, 0.717) is 18.8 Å². The number of aromatic nitrogens is 4. The van der Waals surface area contributed by atoms with E-state index in [-0.39, 0.29) is 18.5 Å². The molecule has 1 aliphatic heterocycles. The van der Waals surface area contributed by atoms with Crippen LogP contribution in [0.4, 0.5) is 4.79 Å². The Morgan fingerprint density at radius 2 is 2.08 bits per heavy atom. The number of amides is 3. The van der Waals surface area contributed by atoms with Crippen molar-refractivity contribution in [1.82, 2.24) is 30.4 Å². The second kappa shape index (κ2) is 6.51. The van der Waals surface area contributed by atoms with E-state index < -0.39 is 5.54 Å². The Bertz CT molecular complexity index is 848. The molecule has 1 saturated heterocycles. The summed E-state index contributed by atoms with van der Waals surface area (Å²) in [6, 6.07) is 7.54. The number of nitrogens with one attached hydrogen (secondary N) is 1. The molecule has 136 valence electrons. The van der Waals surface area contributed by atoms with Crippen molar-refractivity contribution < 1.29 is 9.59 Å². The largest absolute Gasteiger partial charge is 0.325 e. The third-order valence-electron chi connectivity index (χ3n) is 5.24. The van der Waals surface area contributed by atoms with Gasteiger partial charge in [-0.1, -0.05) is 31.2 Å². The minimum absolute atomic E-state index is 0.0849. The van der Waals surface area contributed by atoms with Crippen LogP contribution < -0.4 is 5.32 Å². The van der Waals surface area contributed by atoms with Gasteiger partial charge in [-0.05, 0) is 53.7 Å². The van der Waals surface area contributed by atoms with Crippen LogP contribution in [0.15, 0.2) is 24.3 Å². The smallest absolute Gasteiger partial charge is 0.319 e. The molecule has 2 aromatic rings. The average molecular weight is 354 g/mol. The van der Waals surface area contributed by atoms with Crippen LogP contribution in [0.2, 0.25) is 0 Å². The van der Waals surface area contributed by atoms with Crippen molar-refractivity contribution >= 4 is 11.9 Å². The summed E-state index contributed by atoms with van der Waals surface area (Å²) in [4.78, 5) is 27.3. The average Bonchev–Trinajstić information content (AvgIpc) is 3.11. The molecule has 3 amide bonds. The van der Waals surface area contributed by atoms with Gasteiger partial charge in [-0.25, -0.2) is 9.48 Å². The zero-order valence-electron chi connectivity index (χ0n) is 14.8. The number of imide groups is 1. The summed E-state index contributed by atoms with van der Waals surface area (Å²) in [6.45, 7) is 2.76. The molecule has 8 nitrogen and oxygen atoms in total. The first-order chi connectivity index (χ1) is 12.7. The van der Waals surface area contributed by atoms with Gasteiger partial charge in [0.15, 0.2) is 5.82 Å². The predicted octanol–water partition coefficient (Wildman–Crippen LogP) is 1.76. The number of tetrazole rings is 1. The lowest BCUT2D eigenvalue weighted by atomic mass is 9.84. The molecular weight excluding hydrogens is 332 g/mol. The molecule has 1 atom stereocenters. The number of hydrogen-bond donors (Lipinski definition) is 1. The van der Waals surface area contributed by atoms with E-state index in [1.54, 1.807) is 4.68 Å². The zero-order chi connectivity index (χ0) is 18.1. The summed E-state index contributed by atoms with van der Waals surface area (Å²) < 4.78 is 1.65. The molecule has 1 fully saturated rings. The Morgan fingerprint density at radius 1 is 1.23 bits per heavy atom. The molecule has 1 aromatic heterocycles. The second-order valence-corrected chi connectivity index (χ2v) is 6.91. The monoisotopic (exact) mass is 354 g/mol. The van der Waals surface area contributed by atoms with Gasteiger partial charge in [0.2, 0.25) is 0 Å². The van der Waals surface area contributed by atoms with Crippen LogP contribution in [0, 0.1) is 0 Å². The molecule has 2 aliphatic rings. The molecule has 8 heteroatoms. The quantitative estimate of drug-likeness (QED) is 0.845. The molecule has 0 unspecified atom stereocenters. The van der Waals surface area contributed by atoms with E-state index in [2.05, 4.69) is 20.8 Å². The Labute approximate surface area is 151 Å². The lowest BCUT2D eigenvalue weighted by Gasteiger charge is -2.27. The number of benzene rings is 1. The first-order valence-corrected chi connectivity index (χ1v) is 9.13. The summed E-state index contributed by atoms with van der Waals surface area (Å²) in [5.74, 6) is 0.317. The molecule has 26 heavy (non-hydrogen) atoms. The Balaban J connectivity index is 1.68. The first kappa shape index (κ1) is 16.7. The Hall–Kier alpha value is -2.77. The van der Waals surface area contributed by atoms with Gasteiger partial charge in [-0.2, -0.15) is 0 Å². The summed E-state index contributed by atoms with van der Waals surface area (Å²) in [5.41, 5.74) is 1.09. The number of fused-ring (bicyclic) bond motifs is 2. The number of rotatable bonds is 4. The SMILES string of the molecule is CCCn1nnnc1CN1C(=O)N[C@]2(CCCCc3ccccc32)C1=O. The lowest BCUT2D eigenvalue weighted by Crippen LogP contribution is -2.44. The standard InChI is InChI=1S/C18H22N6O2/c1-2-11-24-15(20-21-22-24)12-23-16(25)18(19-17(23)26)10-6-5-8-13-7-3-4-9-14(13)18/h3-4,7,9H,2,5-6,8,10-12H2,1H3,(H,19,26)/t18-/m0/s1. The molecule has 0 bridgehead atoms. The normalized spacial score (nSPS) is 22.4. The molecule has 1 aromatic carbocycles. The van der Waals surface area contributed by atoms with Gasteiger partial charge >= 0.3 is 6.03 Å². The maximum atomic E-state index is 13.4. The predicted molar refractivity (Wildman–Crippen MR) is 92.9 cm³/mol. The number of hydrogen-bond acceptors (Lipinski definition) is 5. The fraction of sp³-hybridized carbons (Fsp3) is 0.500. The van der Waals surface area contributed by atoms with Gasteiger partial charge in [0.25, 0.3) is 5.91 Å². The zero-order valence-corrected chi connectivity index (χ0v) is 14.8. The molecule has 0 radical (unpaired) electrons. The van der Waals surface area contributed by atoms with E-state index in [0.717, 1.165) is 36.8 Å². The van der Waals surface area contributed by atoms with Crippen LogP contribution in [0.1, 0.15) is 49.6 Å². The van der Waals surface area contributed by atoms with Gasteiger partial charge < -0.3 is 5.32 Å². The van der Waals surface area contributed by atoms with Crippen LogP contribution in [0.5, 0.6) is 0 Å². The second-order valence-electron chi connectivity index (χ2n) is 6.91. The van der Waals surface area contributed by atoms with Crippen molar-refractivity contribution in [2.75, 3.05) is 0 Å². The van der Waals surface area contributed by atoms with Crippen molar-refractivity contribution in [2.24, 2.45) is 0 Å². The number of carbonyl (C=O) groups is 2. The van der Waals surface area contributed by atoms with Gasteiger partial charge in [-0.3, -0.25) is 9.69 Å². The summed E-state index contributed by atoms with van der Waals surface area (Å²) in [5, 5.41) is 14.6. The number of carbonyl (C=O) groups excluding carboxylic acids is 2. The molecule has 1 spiro atoms. The fourth-order valence-corrected chi connectivity index (χ4v) is 3.98. The van der Waals surface area contributed by atoms with E-state index in [1.807, 2.05) is 31.2 Å². The van der Waals surface area contributed by atoms with Crippen LogP contribution >= 0.6 is 0 Å². The topological polar surface area (TPSA) is 93.0 Å². The van der Waals surface area contributed by atoms with Crippen molar-refractivity contribution in [1.29, 1.82) is 0 Å². The van der Waals surface area contributed by atoms with Crippen LogP contribution in [-0.2, 0) is 29.8 Å². The highest BCUT2D eigenvalue weighted by molar-refractivity contribution is 6.07. The van der Waals surface area contributed by atoms with E-state index in [4.69, 9.17) is 0 Å². The molecule has 0 saturated carbocycles. The van der Waals surface area contributed by atoms with Gasteiger partial charge in [0.1, 0.15) is 5.54 Å². The Kier molecular flexibility index (Phi) is 4.18. The number of nitrogens with zero attached hydrogens (tertiary/aromatic N) is 5. The van der Waals surface area contributed by atoms with Gasteiger partial charge in [0.05, 0.1) is 6.54 Å². The Morgan fingerprint density at radius 3 is 2.92 bits per heavy atom. The lowest BCUT2D eigenvalue weighted by molar-refractivity contribution is -0.132. The highest BCUT2D eigenvalue weighted by Crippen LogP contribution is 2.39. The highest BCUT2D eigenvalue weighted by Gasteiger charge is 2.53. The summed E-state index contributed by atoms with van der Waals surface area (Å²) in [7, 11) is 0. The third-order valence-corrected chi connectivity index (χ3v) is 5.24. The van der Waals surface area contributed by atoms with Gasteiger partial charge in [0, 0.05) is 6.54 Å². The van der Waals surface area contributed by atoms with E-state index in [9.17, 15) is 9.59 Å². The molecule has 4 rings (SSSR count). The highest BCUT2D eigenvalue weighted by atomic mass is 16.2. The van der Waals surface area contributed by atoms with Crippen molar-refractivity contribution in [2.45, 2.75) is 57.7 Å². The maximum Gasteiger partial charge on any atom is 0.325 e. The van der Waals surface area contributed by atoms with Crippen molar-refractivity contribution in [3.05, 3.63) is 41.2 Å². The van der Waals surface area contributed by atoms with Crippen LogP contribution in [0.3, 0.4) is 0 Å². The van der Waals surface area contributed by atoms with E-state index in [1.165, 1.54) is 4.90 Å². The fourth-order valence-electron chi connectivity index (χ4n) is 3.98. The number of urea groups is 1. The van der Waals surface area contributed by atoms with Crippen LogP contribution in [0.25, 0.3) is 0 Å². The summed E-state index contributed by atoms with van der Waals surface area (Å²) >= 11 is 0. The first-order valence-electron chi connectivity index (χ1n) is 9.13. The van der Waals surface area contributed by atoms with Gasteiger partial charge in [-0.15, -0.1) is 5.10 Å². The summed E-state index contributed by atoms with van der Waals surface area (Å²) in [6.07, 6.45) is 4.31. The van der Waals surface area contributed by atoms with Crippen molar-refractivity contribution in [3.63, 3.8) is 0 Å². The number of aryl methyl sites for hydroxylation is 2. The minimum Gasteiger partial charge on any atom is -0.319 e. The molecule has 1 N–H and O–H groups in total. The van der Waals surface area contributed by atoms with Crippen molar-refractivity contribution in [3.8, 4) is 0 Å². The minimum atomic E-state index is -0.965. The van der Waals surface area contributed by atoms with Crippen LogP contribution in [-0.4, -0.2) is 37.0 Å². The molecule has 1 aliphatic carbocycles. The third kappa shape index (κ3) is 2.56. The van der Waals surface area contributed by atoms with E-state index >= 15 is 0 Å². The molecule has 2 heterocycles.